The van der Waals surface area contributed by atoms with Gasteiger partial charge in [-0.25, -0.2) is 0 Å². The van der Waals surface area contributed by atoms with Crippen LogP contribution < -0.4 is 5.32 Å². The van der Waals surface area contributed by atoms with Crippen molar-refractivity contribution < 1.29 is 9.31 Å². The van der Waals surface area contributed by atoms with E-state index in [9.17, 15) is 14.5 Å². The van der Waals surface area contributed by atoms with Crippen LogP contribution in [0.3, 0.4) is 0 Å². The second-order valence-electron chi connectivity index (χ2n) is 3.97. The van der Waals surface area contributed by atoms with Gasteiger partial charge in [0, 0.05) is 12.1 Å². The van der Waals surface area contributed by atoms with E-state index < -0.39 is 16.4 Å². The minimum Gasteiger partial charge on any atom is -0.310 e. The molecule has 86 valence electrons. The van der Waals surface area contributed by atoms with Crippen molar-refractivity contribution in [1.29, 1.82) is 0 Å². The molecule has 0 saturated carbocycles. The molecule has 1 aliphatic rings. The second-order valence-corrected chi connectivity index (χ2v) is 3.97. The zero-order chi connectivity index (χ0) is 11.5. The Bertz CT molecular complexity index is 403. The third kappa shape index (κ3) is 2.19. The van der Waals surface area contributed by atoms with E-state index in [4.69, 9.17) is 0 Å². The van der Waals surface area contributed by atoms with E-state index in [1.807, 2.05) is 0 Å². The molecule has 2 rings (SSSR count). The van der Waals surface area contributed by atoms with Gasteiger partial charge in [-0.15, -0.1) is 0 Å². The van der Waals surface area contributed by atoms with Gasteiger partial charge in [-0.2, -0.15) is 4.39 Å². The highest BCUT2D eigenvalue weighted by Crippen LogP contribution is 2.27. The van der Waals surface area contributed by atoms with E-state index in [1.54, 1.807) is 6.07 Å². The van der Waals surface area contributed by atoms with Gasteiger partial charge in [0.25, 0.3) is 0 Å². The average molecular weight is 224 g/mol. The molecule has 0 amide bonds. The molecule has 1 aromatic carbocycles. The van der Waals surface area contributed by atoms with E-state index >= 15 is 0 Å². The van der Waals surface area contributed by atoms with Crippen molar-refractivity contribution in [3.05, 3.63) is 39.7 Å². The molecule has 5 heteroatoms. The maximum Gasteiger partial charge on any atom is 0.305 e. The number of halogens is 1. The van der Waals surface area contributed by atoms with Crippen molar-refractivity contribution in [3.63, 3.8) is 0 Å². The van der Waals surface area contributed by atoms with Crippen LogP contribution in [0.15, 0.2) is 18.2 Å². The molecule has 0 aliphatic carbocycles. The van der Waals surface area contributed by atoms with Crippen LogP contribution >= 0.6 is 0 Å². The van der Waals surface area contributed by atoms with Crippen molar-refractivity contribution in [1.82, 2.24) is 5.32 Å². The fraction of sp³-hybridized carbons (Fsp3) is 0.455. The average Bonchev–Trinajstić information content (AvgIpc) is 2.30. The molecule has 1 N–H and O–H groups in total. The zero-order valence-corrected chi connectivity index (χ0v) is 8.78. The first-order chi connectivity index (χ1) is 7.68. The first-order valence-electron chi connectivity index (χ1n) is 5.35. The first kappa shape index (κ1) is 11.0. The number of benzene rings is 1. The van der Waals surface area contributed by atoms with Crippen LogP contribution in [-0.4, -0.2) is 11.5 Å². The monoisotopic (exact) mass is 224 g/mol. The SMILES string of the molecule is O=[N+]([O-])c1cc(C2CCCCN2)ccc1F. The van der Waals surface area contributed by atoms with Crippen LogP contribution in [0.1, 0.15) is 30.9 Å². The molecule has 0 aromatic heterocycles. The first-order valence-corrected chi connectivity index (χ1v) is 5.35. The Morgan fingerprint density at radius 1 is 1.44 bits per heavy atom. The van der Waals surface area contributed by atoms with Crippen molar-refractivity contribution in [2.24, 2.45) is 0 Å². The third-order valence-corrected chi connectivity index (χ3v) is 2.88. The van der Waals surface area contributed by atoms with E-state index in [-0.39, 0.29) is 6.04 Å². The van der Waals surface area contributed by atoms with Crippen LogP contribution in [0.25, 0.3) is 0 Å². The highest BCUT2D eigenvalue weighted by atomic mass is 19.1. The maximum atomic E-state index is 13.1. The van der Waals surface area contributed by atoms with Crippen LogP contribution in [0.2, 0.25) is 0 Å². The van der Waals surface area contributed by atoms with Gasteiger partial charge in [-0.1, -0.05) is 12.5 Å². The topological polar surface area (TPSA) is 55.2 Å². The van der Waals surface area contributed by atoms with Crippen molar-refractivity contribution in [3.8, 4) is 0 Å². The number of nitrogens with zero attached hydrogens (tertiary/aromatic N) is 1. The highest BCUT2D eigenvalue weighted by Gasteiger charge is 2.20. The summed E-state index contributed by atoms with van der Waals surface area (Å²) in [5, 5.41) is 13.9. The molecule has 1 fully saturated rings. The number of nitro benzene ring substituents is 1. The van der Waals surface area contributed by atoms with Crippen LogP contribution in [0, 0.1) is 15.9 Å². The van der Waals surface area contributed by atoms with E-state index in [0.717, 1.165) is 31.4 Å². The predicted octanol–water partition coefficient (Wildman–Crippen LogP) is 2.55. The van der Waals surface area contributed by atoms with Gasteiger partial charge in [0.05, 0.1) is 4.92 Å². The highest BCUT2D eigenvalue weighted by molar-refractivity contribution is 5.37. The molecule has 1 aromatic rings. The molecule has 1 aliphatic heterocycles. The maximum absolute atomic E-state index is 13.1. The lowest BCUT2D eigenvalue weighted by Crippen LogP contribution is -2.26. The Kier molecular flexibility index (Phi) is 3.14. The van der Waals surface area contributed by atoms with Crippen LogP contribution in [0.4, 0.5) is 10.1 Å². The summed E-state index contributed by atoms with van der Waals surface area (Å²) in [6, 6.07) is 4.24. The van der Waals surface area contributed by atoms with Gasteiger partial charge in [0.2, 0.25) is 5.82 Å². The van der Waals surface area contributed by atoms with Gasteiger partial charge in [0.1, 0.15) is 0 Å². The Balaban J connectivity index is 2.27. The quantitative estimate of drug-likeness (QED) is 0.620. The summed E-state index contributed by atoms with van der Waals surface area (Å²) in [4.78, 5) is 9.92. The molecule has 1 atom stereocenters. The van der Waals surface area contributed by atoms with Gasteiger partial charge in [-0.3, -0.25) is 10.1 Å². The van der Waals surface area contributed by atoms with Crippen LogP contribution in [-0.2, 0) is 0 Å². The standard InChI is InChI=1S/C11H13FN2O2/c12-9-5-4-8(7-11(9)14(15)16)10-3-1-2-6-13-10/h4-5,7,10,13H,1-3,6H2. The summed E-state index contributed by atoms with van der Waals surface area (Å²) in [6.45, 7) is 0.913. The second kappa shape index (κ2) is 4.57. The predicted molar refractivity (Wildman–Crippen MR) is 57.6 cm³/mol. The summed E-state index contributed by atoms with van der Waals surface area (Å²) in [6.07, 6.45) is 3.17. The van der Waals surface area contributed by atoms with Gasteiger partial charge in [0.15, 0.2) is 0 Å². The lowest BCUT2D eigenvalue weighted by molar-refractivity contribution is -0.387. The number of hydrogen-bond acceptors (Lipinski definition) is 3. The summed E-state index contributed by atoms with van der Waals surface area (Å²) in [5.74, 6) is -0.774. The summed E-state index contributed by atoms with van der Waals surface area (Å²) in [5.41, 5.74) is 0.359. The molecular weight excluding hydrogens is 211 g/mol. The summed E-state index contributed by atoms with van der Waals surface area (Å²) in [7, 11) is 0. The number of nitrogens with one attached hydrogen (secondary N) is 1. The molecular formula is C11H13FN2O2. The Labute approximate surface area is 92.6 Å². The normalized spacial score (nSPS) is 20.7. The smallest absolute Gasteiger partial charge is 0.305 e. The zero-order valence-electron chi connectivity index (χ0n) is 8.78. The van der Waals surface area contributed by atoms with Crippen molar-refractivity contribution >= 4 is 5.69 Å². The Hall–Kier alpha value is -1.49. The molecule has 0 bridgehead atoms. The fourth-order valence-electron chi connectivity index (χ4n) is 2.02. The fourth-order valence-corrected chi connectivity index (χ4v) is 2.02. The lowest BCUT2D eigenvalue weighted by Gasteiger charge is -2.23. The summed E-state index contributed by atoms with van der Waals surface area (Å²) >= 11 is 0. The molecule has 1 unspecified atom stereocenters. The van der Waals surface area contributed by atoms with E-state index in [0.29, 0.717) is 0 Å². The summed E-state index contributed by atoms with van der Waals surface area (Å²) < 4.78 is 13.1. The molecule has 1 heterocycles. The van der Waals surface area contributed by atoms with Crippen LogP contribution in [0.5, 0.6) is 0 Å². The van der Waals surface area contributed by atoms with Gasteiger partial charge in [-0.05, 0) is 31.0 Å². The van der Waals surface area contributed by atoms with Crippen molar-refractivity contribution in [2.45, 2.75) is 25.3 Å². The molecule has 16 heavy (non-hydrogen) atoms. The lowest BCUT2D eigenvalue weighted by atomic mass is 9.97. The third-order valence-electron chi connectivity index (χ3n) is 2.88. The van der Waals surface area contributed by atoms with E-state index in [1.165, 1.54) is 12.1 Å². The number of nitro groups is 1. The minimum absolute atomic E-state index is 0.119. The Morgan fingerprint density at radius 3 is 2.88 bits per heavy atom. The Morgan fingerprint density at radius 2 is 2.25 bits per heavy atom. The molecule has 0 spiro atoms. The molecule has 4 nitrogen and oxygen atoms in total. The number of hydrogen-bond donors (Lipinski definition) is 1. The van der Waals surface area contributed by atoms with Crippen molar-refractivity contribution in [2.75, 3.05) is 6.54 Å². The van der Waals surface area contributed by atoms with Gasteiger partial charge >= 0.3 is 5.69 Å². The largest absolute Gasteiger partial charge is 0.310 e. The van der Waals surface area contributed by atoms with E-state index in [2.05, 4.69) is 5.32 Å². The molecule has 0 radical (unpaired) electrons. The van der Waals surface area contributed by atoms with Gasteiger partial charge < -0.3 is 5.32 Å². The minimum atomic E-state index is -0.774. The molecule has 1 saturated heterocycles. The number of rotatable bonds is 2. The number of piperidine rings is 1.